The van der Waals surface area contributed by atoms with Gasteiger partial charge in [0.05, 0.1) is 33.4 Å². The van der Waals surface area contributed by atoms with Crippen molar-refractivity contribution in [1.29, 1.82) is 0 Å². The number of amides is 1. The molecule has 1 aliphatic rings. The van der Waals surface area contributed by atoms with Gasteiger partial charge in [-0.15, -0.1) is 0 Å². The molecule has 0 aromatic heterocycles. The molecule has 3 rings (SSSR count). The zero-order valence-electron chi connectivity index (χ0n) is 15.4. The number of carbonyl (C=O) groups excluding carboxylic acids is 1. The molecule has 2 aromatic carbocycles. The van der Waals surface area contributed by atoms with Crippen LogP contribution in [0.2, 0.25) is 0 Å². The molecule has 4 nitrogen and oxygen atoms in total. The second kappa shape index (κ2) is 8.33. The molecule has 0 spiro atoms. The number of quaternary nitrogens is 1. The van der Waals surface area contributed by atoms with Crippen molar-refractivity contribution in [2.45, 2.75) is 25.4 Å². The van der Waals surface area contributed by atoms with Gasteiger partial charge in [0.15, 0.2) is 0 Å². The summed E-state index contributed by atoms with van der Waals surface area (Å²) in [6, 6.07) is 16.2. The predicted octanol–water partition coefficient (Wildman–Crippen LogP) is 4.46. The van der Waals surface area contributed by atoms with Crippen molar-refractivity contribution in [3.05, 3.63) is 64.1 Å². The third-order valence-corrected chi connectivity index (χ3v) is 5.53. The highest BCUT2D eigenvalue weighted by Crippen LogP contribution is 2.23. The van der Waals surface area contributed by atoms with E-state index < -0.39 is 0 Å². The summed E-state index contributed by atoms with van der Waals surface area (Å²) in [6.07, 6.45) is 2.21. The Labute approximate surface area is 163 Å². The minimum Gasteiger partial charge on any atom is -0.381 e. The number of hydrogen-bond donors (Lipinski definition) is 1. The fourth-order valence-electron chi connectivity index (χ4n) is 3.56. The molecule has 1 N–H and O–H groups in total. The molecule has 0 atom stereocenters. The number of nitrogens with zero attached hydrogens (tertiary/aromatic N) is 1. The third-order valence-electron chi connectivity index (χ3n) is 5.04. The van der Waals surface area contributed by atoms with Crippen LogP contribution in [0.1, 0.15) is 28.8 Å². The summed E-state index contributed by atoms with van der Waals surface area (Å²) in [5, 5.41) is 3.00. The van der Waals surface area contributed by atoms with Crippen molar-refractivity contribution < 1.29 is 14.0 Å². The average Bonchev–Trinajstić information content (AvgIpc) is 2.62. The second-order valence-corrected chi connectivity index (χ2v) is 8.36. The maximum Gasteiger partial charge on any atom is 0.255 e. The van der Waals surface area contributed by atoms with Crippen molar-refractivity contribution in [1.82, 2.24) is 0 Å². The number of hydrogen-bond acceptors (Lipinski definition) is 2. The Morgan fingerprint density at radius 2 is 1.88 bits per heavy atom. The molecule has 1 heterocycles. The van der Waals surface area contributed by atoms with Crippen molar-refractivity contribution >= 4 is 27.5 Å². The van der Waals surface area contributed by atoms with E-state index in [4.69, 9.17) is 4.74 Å². The van der Waals surface area contributed by atoms with Crippen molar-refractivity contribution in [3.63, 3.8) is 0 Å². The van der Waals surface area contributed by atoms with Crippen LogP contribution in [-0.4, -0.2) is 43.7 Å². The summed E-state index contributed by atoms with van der Waals surface area (Å²) >= 11 is 3.41. The Hall–Kier alpha value is -1.69. The lowest BCUT2D eigenvalue weighted by atomic mass is 10.0. The van der Waals surface area contributed by atoms with Crippen LogP contribution in [0.25, 0.3) is 0 Å². The molecule has 0 saturated carbocycles. The van der Waals surface area contributed by atoms with Gasteiger partial charge < -0.3 is 14.5 Å². The van der Waals surface area contributed by atoms with Gasteiger partial charge in [0.2, 0.25) is 0 Å². The molecule has 1 saturated heterocycles. The van der Waals surface area contributed by atoms with E-state index in [9.17, 15) is 4.79 Å². The normalized spacial score (nSPS) is 15.7. The third kappa shape index (κ3) is 4.93. The smallest absolute Gasteiger partial charge is 0.255 e. The molecular weight excluding hydrogens is 392 g/mol. The topological polar surface area (TPSA) is 38.3 Å². The van der Waals surface area contributed by atoms with Gasteiger partial charge in [0.1, 0.15) is 6.54 Å². The Morgan fingerprint density at radius 1 is 1.15 bits per heavy atom. The van der Waals surface area contributed by atoms with Gasteiger partial charge in [-0.2, -0.15) is 0 Å². The maximum atomic E-state index is 12.5. The van der Waals surface area contributed by atoms with Crippen LogP contribution in [-0.2, 0) is 11.3 Å². The van der Waals surface area contributed by atoms with E-state index in [0.29, 0.717) is 11.6 Å². The molecule has 0 bridgehead atoms. The Morgan fingerprint density at radius 3 is 2.62 bits per heavy atom. The van der Waals surface area contributed by atoms with Gasteiger partial charge in [-0.3, -0.25) is 4.79 Å². The molecule has 138 valence electrons. The number of halogens is 1. The minimum absolute atomic E-state index is 0.0957. The summed E-state index contributed by atoms with van der Waals surface area (Å²) < 4.78 is 7.33. The van der Waals surface area contributed by atoms with E-state index in [1.807, 2.05) is 36.4 Å². The lowest BCUT2D eigenvalue weighted by Crippen LogP contribution is -2.50. The number of anilines is 1. The van der Waals surface area contributed by atoms with E-state index in [0.717, 1.165) is 47.2 Å². The van der Waals surface area contributed by atoms with Gasteiger partial charge in [0.25, 0.3) is 5.91 Å². The molecule has 1 fully saturated rings. The van der Waals surface area contributed by atoms with E-state index >= 15 is 0 Å². The Kier molecular flexibility index (Phi) is 6.12. The number of benzene rings is 2. The van der Waals surface area contributed by atoms with Crippen LogP contribution >= 0.6 is 15.9 Å². The monoisotopic (exact) mass is 417 g/mol. The molecule has 1 aliphatic heterocycles. The zero-order chi connectivity index (χ0) is 18.6. The summed E-state index contributed by atoms with van der Waals surface area (Å²) in [5.41, 5.74) is 2.70. The highest BCUT2D eigenvalue weighted by atomic mass is 79.9. The lowest BCUT2D eigenvalue weighted by Gasteiger charge is -2.40. The fraction of sp³-hybridized carbons (Fsp3) is 0.381. The van der Waals surface area contributed by atoms with Gasteiger partial charge in [-0.1, -0.05) is 34.1 Å². The Balaban J connectivity index is 1.68. The lowest BCUT2D eigenvalue weighted by molar-refractivity contribution is -0.929. The van der Waals surface area contributed by atoms with Gasteiger partial charge in [-0.05, 0) is 30.3 Å². The summed E-state index contributed by atoms with van der Waals surface area (Å²) in [6.45, 7) is 2.65. The first-order chi connectivity index (χ1) is 12.4. The molecule has 26 heavy (non-hydrogen) atoms. The van der Waals surface area contributed by atoms with Crippen LogP contribution in [0, 0.1) is 0 Å². The summed E-state index contributed by atoms with van der Waals surface area (Å²) in [7, 11) is 4.56. The van der Waals surface area contributed by atoms with Crippen molar-refractivity contribution in [3.8, 4) is 0 Å². The summed E-state index contributed by atoms with van der Waals surface area (Å²) in [4.78, 5) is 12.5. The first-order valence-corrected chi connectivity index (χ1v) is 9.80. The van der Waals surface area contributed by atoms with Crippen LogP contribution in [0.15, 0.2) is 53.0 Å². The first-order valence-electron chi connectivity index (χ1n) is 9.00. The first kappa shape index (κ1) is 19.1. The number of carbonyl (C=O) groups is 1. The van der Waals surface area contributed by atoms with Crippen LogP contribution in [0.5, 0.6) is 0 Å². The quantitative estimate of drug-likeness (QED) is 0.729. The van der Waals surface area contributed by atoms with Crippen molar-refractivity contribution in [2.75, 3.05) is 32.6 Å². The molecule has 0 aliphatic carbocycles. The average molecular weight is 418 g/mol. The molecular formula is C21H26BrN2O2+. The van der Waals surface area contributed by atoms with Crippen LogP contribution in [0.4, 0.5) is 5.69 Å². The number of nitrogens with one attached hydrogen (secondary N) is 1. The maximum absolute atomic E-state index is 12.5. The zero-order valence-corrected chi connectivity index (χ0v) is 17.0. The van der Waals surface area contributed by atoms with E-state index in [2.05, 4.69) is 47.5 Å². The second-order valence-electron chi connectivity index (χ2n) is 7.45. The summed E-state index contributed by atoms with van der Waals surface area (Å²) in [5.74, 6) is -0.0957. The standard InChI is InChI=1S/C21H25BrN2O2/c1-24(2,20-9-11-26-12-10-20)15-16-5-3-8-19(13-16)23-21(25)17-6-4-7-18(22)14-17/h3-8,13-14,20H,9-12,15H2,1-2H3/p+1. The molecule has 0 unspecified atom stereocenters. The highest BCUT2D eigenvalue weighted by molar-refractivity contribution is 9.10. The molecule has 5 heteroatoms. The molecule has 1 amide bonds. The Bertz CT molecular complexity index is 770. The van der Waals surface area contributed by atoms with E-state index in [1.165, 1.54) is 5.56 Å². The highest BCUT2D eigenvalue weighted by Gasteiger charge is 2.30. The SMILES string of the molecule is C[N+](C)(Cc1cccc(NC(=O)c2cccc(Br)c2)c1)C1CCOCC1. The van der Waals surface area contributed by atoms with E-state index in [1.54, 1.807) is 0 Å². The van der Waals surface area contributed by atoms with Gasteiger partial charge in [0, 0.05) is 34.1 Å². The van der Waals surface area contributed by atoms with Gasteiger partial charge >= 0.3 is 0 Å². The van der Waals surface area contributed by atoms with Gasteiger partial charge in [-0.25, -0.2) is 0 Å². The van der Waals surface area contributed by atoms with E-state index in [-0.39, 0.29) is 5.91 Å². The fourth-order valence-corrected chi connectivity index (χ4v) is 3.96. The predicted molar refractivity (Wildman–Crippen MR) is 108 cm³/mol. The number of ether oxygens (including phenoxy) is 1. The van der Waals surface area contributed by atoms with Crippen molar-refractivity contribution in [2.24, 2.45) is 0 Å². The molecule has 0 radical (unpaired) electrons. The molecule has 2 aromatic rings. The largest absolute Gasteiger partial charge is 0.381 e. The number of rotatable bonds is 5. The van der Waals surface area contributed by atoms with Crippen LogP contribution < -0.4 is 5.32 Å². The van der Waals surface area contributed by atoms with Crippen LogP contribution in [0.3, 0.4) is 0 Å². The minimum atomic E-state index is -0.0957.